The maximum Gasteiger partial charge on any atom is 0.393 e. The number of amidine groups is 1. The number of amides is 3. The molecule has 0 spiro atoms. The molecule has 2 saturated heterocycles. The number of nitrogens with two attached hydrogens (primary N) is 1. The lowest BCUT2D eigenvalue weighted by Gasteiger charge is -2.35. The maximum absolute atomic E-state index is 13.7. The number of methoxy groups -OCH3 is 1. The highest BCUT2D eigenvalue weighted by molar-refractivity contribution is 6.25. The molecule has 3 amide bonds. The van der Waals surface area contributed by atoms with Gasteiger partial charge < -0.3 is 10.5 Å². The van der Waals surface area contributed by atoms with Gasteiger partial charge >= 0.3 is 18.0 Å². The minimum Gasteiger partial charge on any atom is -0.465 e. The number of likely N-dealkylation sites (N-methyl/N-ethyl adjacent to an activating group) is 1. The highest BCUT2D eigenvalue weighted by Gasteiger charge is 2.56. The molecule has 2 atom stereocenters. The van der Waals surface area contributed by atoms with Crippen LogP contribution in [0.15, 0.2) is 23.3 Å². The number of aliphatic imine (C=N–C) groups is 1. The van der Waals surface area contributed by atoms with E-state index in [2.05, 4.69) is 21.4 Å². The third-order valence-electron chi connectivity index (χ3n) is 6.16. The number of guanidine groups is 1. The molecule has 34 heavy (non-hydrogen) atoms. The predicted molar refractivity (Wildman–Crippen MR) is 123 cm³/mol. The predicted octanol–water partition coefficient (Wildman–Crippen LogP) is -0.142. The normalized spacial score (nSPS) is 24.5. The van der Waals surface area contributed by atoms with Gasteiger partial charge in [0.05, 0.1) is 38.0 Å². The number of rotatable bonds is 4. The van der Waals surface area contributed by atoms with Crippen molar-refractivity contribution in [2.24, 2.45) is 10.7 Å². The summed E-state index contributed by atoms with van der Waals surface area (Å²) in [6, 6.07) is 1.80. The van der Waals surface area contributed by atoms with E-state index in [1.54, 1.807) is 26.1 Å². The molecule has 11 nitrogen and oxygen atoms in total. The summed E-state index contributed by atoms with van der Waals surface area (Å²) in [7, 11) is 2.85. The molecule has 3 aliphatic heterocycles. The lowest BCUT2D eigenvalue weighted by molar-refractivity contribution is -0.544. The fourth-order valence-corrected chi connectivity index (χ4v) is 4.43. The molecule has 0 aromatic carbocycles. The Balaban J connectivity index is 1.72. The highest BCUT2D eigenvalue weighted by atomic mass is 16.5. The van der Waals surface area contributed by atoms with Gasteiger partial charge in [0.15, 0.2) is 0 Å². The maximum atomic E-state index is 13.7. The minimum atomic E-state index is -0.818. The van der Waals surface area contributed by atoms with Gasteiger partial charge in [0, 0.05) is 19.3 Å². The van der Waals surface area contributed by atoms with Gasteiger partial charge in [-0.25, -0.2) is 14.5 Å². The van der Waals surface area contributed by atoms with Gasteiger partial charge in [-0.1, -0.05) is 10.9 Å². The highest BCUT2D eigenvalue weighted by Crippen LogP contribution is 2.26. The van der Waals surface area contributed by atoms with Crippen LogP contribution >= 0.6 is 0 Å². The van der Waals surface area contributed by atoms with Crippen molar-refractivity contribution in [3.8, 4) is 11.8 Å². The molecule has 0 saturated carbocycles. The van der Waals surface area contributed by atoms with Gasteiger partial charge in [-0.05, 0) is 31.9 Å². The van der Waals surface area contributed by atoms with Crippen molar-refractivity contribution in [1.29, 1.82) is 0 Å². The van der Waals surface area contributed by atoms with Crippen LogP contribution in [0.5, 0.6) is 0 Å². The topological polar surface area (TPSA) is 124 Å². The van der Waals surface area contributed by atoms with E-state index in [9.17, 15) is 14.4 Å². The summed E-state index contributed by atoms with van der Waals surface area (Å²) >= 11 is 0. The molecular formula is C23H28N7O4+. The van der Waals surface area contributed by atoms with Crippen molar-refractivity contribution < 1.29 is 23.7 Å². The molecule has 1 aromatic heterocycles. The van der Waals surface area contributed by atoms with E-state index in [1.807, 2.05) is 4.90 Å². The van der Waals surface area contributed by atoms with Crippen LogP contribution in [-0.4, -0.2) is 99.8 Å². The Labute approximate surface area is 197 Å². The van der Waals surface area contributed by atoms with E-state index in [-0.39, 0.29) is 30.4 Å². The Morgan fingerprint density at radius 3 is 2.88 bits per heavy atom. The molecule has 1 aromatic rings. The van der Waals surface area contributed by atoms with Crippen molar-refractivity contribution in [2.75, 3.05) is 33.8 Å². The van der Waals surface area contributed by atoms with Crippen LogP contribution in [0.4, 0.5) is 4.79 Å². The lowest BCUT2D eigenvalue weighted by atomic mass is 10.1. The fourth-order valence-electron chi connectivity index (χ4n) is 4.43. The van der Waals surface area contributed by atoms with Gasteiger partial charge in [-0.15, -0.1) is 5.92 Å². The molecule has 0 bridgehead atoms. The van der Waals surface area contributed by atoms with Crippen LogP contribution in [0.25, 0.3) is 0 Å². The quantitative estimate of drug-likeness (QED) is 0.372. The Kier molecular flexibility index (Phi) is 6.61. The van der Waals surface area contributed by atoms with Crippen LogP contribution in [0, 0.1) is 11.8 Å². The monoisotopic (exact) mass is 466 g/mol. The van der Waals surface area contributed by atoms with Crippen LogP contribution in [0.1, 0.15) is 35.8 Å². The summed E-state index contributed by atoms with van der Waals surface area (Å²) in [6.07, 6.45) is 3.34. The van der Waals surface area contributed by atoms with Gasteiger partial charge in [0.25, 0.3) is 5.91 Å². The van der Waals surface area contributed by atoms with E-state index in [4.69, 9.17) is 15.5 Å². The molecule has 3 aliphatic rings. The smallest absolute Gasteiger partial charge is 0.393 e. The van der Waals surface area contributed by atoms with Crippen molar-refractivity contribution in [1.82, 2.24) is 19.7 Å². The second-order valence-electron chi connectivity index (χ2n) is 8.33. The van der Waals surface area contributed by atoms with Crippen molar-refractivity contribution >= 4 is 29.7 Å². The summed E-state index contributed by atoms with van der Waals surface area (Å²) in [5.74, 6) is 5.81. The van der Waals surface area contributed by atoms with Gasteiger partial charge in [-0.2, -0.15) is 0 Å². The Hall–Kier alpha value is -3.78. The number of pyridine rings is 1. The number of esters is 1. The number of nitrogens with zero attached hydrogens (tertiary/aromatic N) is 6. The fraction of sp³-hybridized carbons (Fsp3) is 0.478. The summed E-state index contributed by atoms with van der Waals surface area (Å²) < 4.78 is 6.88. The Morgan fingerprint density at radius 1 is 1.38 bits per heavy atom. The largest absolute Gasteiger partial charge is 0.465 e. The zero-order valence-corrected chi connectivity index (χ0v) is 19.5. The number of imide groups is 1. The van der Waals surface area contributed by atoms with Gasteiger partial charge in [-0.3, -0.25) is 24.2 Å². The molecule has 4 heterocycles. The number of urea groups is 1. The number of hydrogen-bond acceptors (Lipinski definition) is 6. The lowest BCUT2D eigenvalue weighted by Crippen LogP contribution is -2.63. The van der Waals surface area contributed by atoms with E-state index in [0.29, 0.717) is 18.3 Å². The molecule has 178 valence electrons. The van der Waals surface area contributed by atoms with E-state index in [0.717, 1.165) is 24.3 Å². The summed E-state index contributed by atoms with van der Waals surface area (Å²) in [6.45, 7) is 3.20. The summed E-state index contributed by atoms with van der Waals surface area (Å²) in [4.78, 5) is 52.3. The molecule has 2 fully saturated rings. The number of carbonyl (C=O) groups is 3. The summed E-state index contributed by atoms with van der Waals surface area (Å²) in [5, 5.41) is 0. The molecule has 1 unspecified atom stereocenters. The minimum absolute atomic E-state index is 0.00986. The zero-order valence-electron chi connectivity index (χ0n) is 19.5. The Bertz CT molecular complexity index is 1150. The average Bonchev–Trinajstić information content (AvgIpc) is 3.23. The first kappa shape index (κ1) is 23.4. The third-order valence-corrected chi connectivity index (χ3v) is 6.16. The van der Waals surface area contributed by atoms with Crippen LogP contribution < -0.4 is 5.73 Å². The number of aromatic nitrogens is 1. The van der Waals surface area contributed by atoms with Crippen LogP contribution in [0.3, 0.4) is 0 Å². The molecule has 4 rings (SSSR count). The zero-order chi connectivity index (χ0) is 24.4. The van der Waals surface area contributed by atoms with E-state index >= 15 is 0 Å². The first-order valence-electron chi connectivity index (χ1n) is 11.1. The second-order valence-corrected chi connectivity index (χ2v) is 8.33. The number of fused-ring (bicyclic) bond motifs is 1. The second kappa shape index (κ2) is 9.61. The molecule has 0 aliphatic carbocycles. The molecular weight excluding hydrogens is 438 g/mol. The average molecular weight is 467 g/mol. The van der Waals surface area contributed by atoms with Gasteiger partial charge in [0.2, 0.25) is 11.9 Å². The molecule has 11 heteroatoms. The third kappa shape index (κ3) is 4.12. The van der Waals surface area contributed by atoms with Crippen LogP contribution in [-0.2, 0) is 16.1 Å². The van der Waals surface area contributed by atoms with Crippen molar-refractivity contribution in [2.45, 2.75) is 38.4 Å². The first-order chi connectivity index (χ1) is 16.4. The number of carbonyl (C=O) groups excluding carboxylic acids is 3. The van der Waals surface area contributed by atoms with E-state index < -0.39 is 23.9 Å². The molecule has 2 N–H and O–H groups in total. The van der Waals surface area contributed by atoms with Crippen molar-refractivity contribution in [3.05, 3.63) is 29.6 Å². The van der Waals surface area contributed by atoms with E-state index in [1.165, 1.54) is 18.2 Å². The Morgan fingerprint density at radius 2 is 2.18 bits per heavy atom. The first-order valence-corrected chi connectivity index (χ1v) is 11.1. The number of piperidine rings is 1. The number of ether oxygens (including phenoxy) is 1. The van der Waals surface area contributed by atoms with Gasteiger partial charge in [0.1, 0.15) is 6.54 Å². The summed E-state index contributed by atoms with van der Waals surface area (Å²) in [5.41, 5.74) is 6.65. The molecule has 0 radical (unpaired) electrons. The van der Waals surface area contributed by atoms with Crippen LogP contribution in [0.2, 0.25) is 0 Å². The SMILES string of the molecule is CC#CCN1C(=[N+]2CCC[C@@H](N)C2)N=C2C1C(=O)N(Cc1ncccc1C(=O)OC)C(=O)N2C. The van der Waals surface area contributed by atoms with Crippen molar-refractivity contribution in [3.63, 3.8) is 0 Å². The standard InChI is InChI=1S/C23H28N7O4/c1-4-5-12-29-18-19(26-22(29)28-11-7-8-15(24)13-28)27(2)23(33)30(20(18)31)14-17-16(21(32)34-3)9-6-10-25-17/h6,9-10,15,18H,7-8,11-14,24H2,1-3H3/q+1/t15-,18?/m1/s1. The number of hydrogen-bond donors (Lipinski definition) is 1.